The van der Waals surface area contributed by atoms with Crippen LogP contribution in [-0.2, 0) is 0 Å². The van der Waals surface area contributed by atoms with Gasteiger partial charge in [-0.05, 0) is 15.9 Å². The topological polar surface area (TPSA) is 45.9 Å². The summed E-state index contributed by atoms with van der Waals surface area (Å²) in [6.07, 6.45) is -3.79. The van der Waals surface area contributed by atoms with Gasteiger partial charge in [-0.15, -0.1) is 13.2 Å². The molecule has 3 nitrogen and oxygen atoms in total. The third-order valence-corrected chi connectivity index (χ3v) is 1.83. The number of nitrogens with zero attached hydrogens (tertiary/aromatic N) is 2. The first kappa shape index (κ1) is 10.8. The zero-order valence-corrected chi connectivity index (χ0v) is 8.06. The van der Waals surface area contributed by atoms with Gasteiger partial charge in [-0.3, -0.25) is 0 Å². The largest absolute Gasteiger partial charge is 0.574 e. The minimum atomic E-state index is -4.78. The van der Waals surface area contributed by atoms with Crippen molar-refractivity contribution in [3.8, 4) is 11.9 Å². The lowest BCUT2D eigenvalue weighted by atomic mass is 10.3. The highest BCUT2D eigenvalue weighted by Gasteiger charge is 2.31. The highest BCUT2D eigenvalue weighted by Crippen LogP contribution is 2.24. The summed E-state index contributed by atoms with van der Waals surface area (Å²) in [5.74, 6) is -0.608. The summed E-state index contributed by atoms with van der Waals surface area (Å²) in [7, 11) is 0. The summed E-state index contributed by atoms with van der Waals surface area (Å²) in [5.41, 5.74) is 0.138. The van der Waals surface area contributed by atoms with Gasteiger partial charge in [-0.2, -0.15) is 5.26 Å². The van der Waals surface area contributed by atoms with Crippen LogP contribution >= 0.6 is 15.9 Å². The van der Waals surface area contributed by atoms with Gasteiger partial charge in [-0.1, -0.05) is 0 Å². The molecule has 0 amide bonds. The Hall–Kier alpha value is -1.29. The SMILES string of the molecule is N#Cc1cnc(OC(F)(F)F)cc1Br. The summed E-state index contributed by atoms with van der Waals surface area (Å²) in [6.45, 7) is 0. The van der Waals surface area contributed by atoms with Crippen molar-refractivity contribution in [1.82, 2.24) is 4.98 Å². The molecule has 0 saturated carbocycles. The van der Waals surface area contributed by atoms with Crippen LogP contribution in [0, 0.1) is 11.3 Å². The maximum Gasteiger partial charge on any atom is 0.574 e. The molecule has 1 aromatic rings. The van der Waals surface area contributed by atoms with Gasteiger partial charge >= 0.3 is 6.36 Å². The van der Waals surface area contributed by atoms with E-state index in [9.17, 15) is 13.2 Å². The molecular formula is C7H2BrF3N2O. The molecule has 14 heavy (non-hydrogen) atoms. The average molecular weight is 267 g/mol. The smallest absolute Gasteiger partial charge is 0.388 e. The van der Waals surface area contributed by atoms with Crippen molar-refractivity contribution in [3.05, 3.63) is 22.3 Å². The first-order valence-corrected chi connectivity index (χ1v) is 4.03. The van der Waals surface area contributed by atoms with Gasteiger partial charge in [0.05, 0.1) is 5.56 Å². The van der Waals surface area contributed by atoms with E-state index in [2.05, 4.69) is 25.7 Å². The fourth-order valence-electron chi connectivity index (χ4n) is 0.670. The number of aromatic nitrogens is 1. The van der Waals surface area contributed by atoms with Crippen LogP contribution in [0.3, 0.4) is 0 Å². The molecule has 0 N–H and O–H groups in total. The van der Waals surface area contributed by atoms with Crippen LogP contribution in [0.4, 0.5) is 13.2 Å². The molecule has 0 bridgehead atoms. The maximum atomic E-state index is 11.7. The van der Waals surface area contributed by atoms with Crippen LogP contribution in [0.25, 0.3) is 0 Å². The number of hydrogen-bond acceptors (Lipinski definition) is 3. The van der Waals surface area contributed by atoms with E-state index in [4.69, 9.17) is 5.26 Å². The Balaban J connectivity index is 2.94. The normalized spacial score (nSPS) is 10.8. The van der Waals surface area contributed by atoms with Crippen LogP contribution in [-0.4, -0.2) is 11.3 Å². The van der Waals surface area contributed by atoms with E-state index in [-0.39, 0.29) is 10.0 Å². The predicted molar refractivity (Wildman–Crippen MR) is 43.3 cm³/mol. The summed E-state index contributed by atoms with van der Waals surface area (Å²) < 4.78 is 38.9. The van der Waals surface area contributed by atoms with Gasteiger partial charge in [-0.25, -0.2) is 4.98 Å². The molecule has 1 heterocycles. The monoisotopic (exact) mass is 266 g/mol. The first-order chi connectivity index (χ1) is 6.42. The fraction of sp³-hybridized carbons (Fsp3) is 0.143. The van der Waals surface area contributed by atoms with Crippen LogP contribution in [0.1, 0.15) is 5.56 Å². The Morgan fingerprint density at radius 1 is 1.50 bits per heavy atom. The molecule has 0 aliphatic heterocycles. The summed E-state index contributed by atoms with van der Waals surface area (Å²) >= 11 is 2.90. The zero-order valence-electron chi connectivity index (χ0n) is 6.47. The number of ether oxygens (including phenoxy) is 1. The molecule has 0 fully saturated rings. The lowest BCUT2D eigenvalue weighted by Gasteiger charge is -2.07. The van der Waals surface area contributed by atoms with Crippen molar-refractivity contribution in [2.75, 3.05) is 0 Å². The molecule has 0 spiro atoms. The Kier molecular flexibility index (Phi) is 2.96. The van der Waals surface area contributed by atoms with E-state index >= 15 is 0 Å². The Morgan fingerprint density at radius 2 is 2.14 bits per heavy atom. The lowest BCUT2D eigenvalue weighted by Crippen LogP contribution is -2.17. The van der Waals surface area contributed by atoms with Crippen molar-refractivity contribution < 1.29 is 17.9 Å². The van der Waals surface area contributed by atoms with Gasteiger partial charge in [0.15, 0.2) is 0 Å². The van der Waals surface area contributed by atoms with E-state index in [1.54, 1.807) is 6.07 Å². The Morgan fingerprint density at radius 3 is 2.57 bits per heavy atom. The minimum Gasteiger partial charge on any atom is -0.388 e. The fourth-order valence-corrected chi connectivity index (χ4v) is 1.06. The second-order valence-corrected chi connectivity index (χ2v) is 3.02. The molecule has 0 saturated heterocycles. The molecule has 0 atom stereocenters. The van der Waals surface area contributed by atoms with Crippen molar-refractivity contribution >= 4 is 15.9 Å². The third kappa shape index (κ3) is 2.88. The van der Waals surface area contributed by atoms with Gasteiger partial charge < -0.3 is 4.74 Å². The van der Waals surface area contributed by atoms with Gasteiger partial charge in [0.1, 0.15) is 6.07 Å². The maximum absolute atomic E-state index is 11.7. The first-order valence-electron chi connectivity index (χ1n) is 3.24. The molecule has 0 unspecified atom stereocenters. The van der Waals surface area contributed by atoms with E-state index in [1.807, 2.05) is 0 Å². The summed E-state index contributed by atoms with van der Waals surface area (Å²) in [6, 6.07) is 2.72. The molecule has 0 aliphatic rings. The van der Waals surface area contributed by atoms with Crippen LogP contribution in [0.15, 0.2) is 16.7 Å². The highest BCUT2D eigenvalue weighted by molar-refractivity contribution is 9.10. The zero-order chi connectivity index (χ0) is 10.8. The number of alkyl halides is 3. The summed E-state index contributed by atoms with van der Waals surface area (Å²) in [5, 5.41) is 8.46. The molecule has 0 radical (unpaired) electrons. The molecule has 1 aromatic heterocycles. The second-order valence-electron chi connectivity index (χ2n) is 2.16. The number of nitriles is 1. The number of pyridine rings is 1. The number of rotatable bonds is 1. The Labute approximate surface area is 85.3 Å². The van der Waals surface area contributed by atoms with E-state index in [1.165, 1.54) is 0 Å². The quantitative estimate of drug-likeness (QED) is 0.785. The van der Waals surface area contributed by atoms with Crippen molar-refractivity contribution in [2.45, 2.75) is 6.36 Å². The number of halogens is 4. The standard InChI is InChI=1S/C7H2BrF3N2O/c8-5-1-6(14-7(9,10)11)13-3-4(5)2-12/h1,3H. The molecule has 74 valence electrons. The average Bonchev–Trinajstić information content (AvgIpc) is 2.01. The van der Waals surface area contributed by atoms with Crippen LogP contribution in [0.5, 0.6) is 5.88 Å². The van der Waals surface area contributed by atoms with Crippen molar-refractivity contribution in [1.29, 1.82) is 5.26 Å². The second kappa shape index (κ2) is 3.84. The van der Waals surface area contributed by atoms with Crippen molar-refractivity contribution in [3.63, 3.8) is 0 Å². The summed E-state index contributed by atoms with van der Waals surface area (Å²) in [4.78, 5) is 3.30. The van der Waals surface area contributed by atoms with E-state index < -0.39 is 12.2 Å². The minimum absolute atomic E-state index is 0.138. The van der Waals surface area contributed by atoms with E-state index in [0.717, 1.165) is 12.3 Å². The molecular weight excluding hydrogens is 265 g/mol. The van der Waals surface area contributed by atoms with E-state index in [0.29, 0.717) is 0 Å². The number of hydrogen-bond donors (Lipinski definition) is 0. The Bertz CT molecular complexity index is 386. The van der Waals surface area contributed by atoms with Crippen molar-refractivity contribution in [2.24, 2.45) is 0 Å². The molecule has 0 aliphatic carbocycles. The van der Waals surface area contributed by atoms with Gasteiger partial charge in [0.2, 0.25) is 5.88 Å². The van der Waals surface area contributed by atoms with Gasteiger partial charge in [0.25, 0.3) is 0 Å². The highest BCUT2D eigenvalue weighted by atomic mass is 79.9. The van der Waals surface area contributed by atoms with Crippen LogP contribution in [0.2, 0.25) is 0 Å². The molecule has 1 rings (SSSR count). The lowest BCUT2D eigenvalue weighted by molar-refractivity contribution is -0.276. The van der Waals surface area contributed by atoms with Crippen LogP contribution < -0.4 is 4.74 Å². The molecule has 0 aromatic carbocycles. The van der Waals surface area contributed by atoms with Gasteiger partial charge in [0, 0.05) is 16.7 Å². The third-order valence-electron chi connectivity index (χ3n) is 1.17. The predicted octanol–water partition coefficient (Wildman–Crippen LogP) is 2.61. The molecule has 7 heteroatoms.